The van der Waals surface area contributed by atoms with Gasteiger partial charge >= 0.3 is 5.97 Å². The third-order valence-corrected chi connectivity index (χ3v) is 1.19. The molecule has 0 radical (unpaired) electrons. The molecule has 6 N–H and O–H groups in total. The summed E-state index contributed by atoms with van der Waals surface area (Å²) in [4.78, 5) is 38.6. The SMILES string of the molecule is CC(=O)O.CC(=O)O.CC(=O)O.O=C(O)CN(CCO)CCO. The molecule has 11 heteroatoms. The molecule has 138 valence electrons. The van der Waals surface area contributed by atoms with Crippen LogP contribution in [0.3, 0.4) is 0 Å². The minimum Gasteiger partial charge on any atom is -0.481 e. The topological polar surface area (TPSA) is 193 Å². The van der Waals surface area contributed by atoms with Crippen LogP contribution < -0.4 is 0 Å². The first-order chi connectivity index (χ1) is 10.4. The van der Waals surface area contributed by atoms with Crippen molar-refractivity contribution in [1.82, 2.24) is 4.90 Å². The van der Waals surface area contributed by atoms with Gasteiger partial charge in [0.15, 0.2) is 0 Å². The molecule has 23 heavy (non-hydrogen) atoms. The van der Waals surface area contributed by atoms with Gasteiger partial charge in [0.2, 0.25) is 0 Å². The third-order valence-electron chi connectivity index (χ3n) is 1.19. The average Bonchev–Trinajstić information content (AvgIpc) is 2.26. The molecule has 0 aliphatic rings. The Balaban J connectivity index is -0.000000124. The summed E-state index contributed by atoms with van der Waals surface area (Å²) in [6.07, 6.45) is 0. The minimum atomic E-state index is -0.952. The lowest BCUT2D eigenvalue weighted by Gasteiger charge is -2.16. The van der Waals surface area contributed by atoms with Crippen molar-refractivity contribution in [3.05, 3.63) is 0 Å². The molecule has 0 aromatic rings. The summed E-state index contributed by atoms with van der Waals surface area (Å²) in [6, 6.07) is 0. The maximum absolute atomic E-state index is 10.2. The lowest BCUT2D eigenvalue weighted by Crippen LogP contribution is -2.34. The van der Waals surface area contributed by atoms with E-state index in [1.807, 2.05) is 0 Å². The Kier molecular flexibility index (Phi) is 27.7. The number of carboxylic acids is 4. The Bertz CT molecular complexity index is 285. The van der Waals surface area contributed by atoms with Gasteiger partial charge in [-0.3, -0.25) is 24.1 Å². The van der Waals surface area contributed by atoms with Gasteiger partial charge in [0, 0.05) is 33.9 Å². The second-order valence-corrected chi connectivity index (χ2v) is 3.67. The predicted octanol–water partition coefficient (Wildman–Crippen LogP) is -1.37. The predicted molar refractivity (Wildman–Crippen MR) is 78.2 cm³/mol. The Morgan fingerprint density at radius 1 is 0.696 bits per heavy atom. The summed E-state index contributed by atoms with van der Waals surface area (Å²) in [5.74, 6) is -3.45. The van der Waals surface area contributed by atoms with Crippen LogP contribution in [-0.4, -0.2) is 92.3 Å². The van der Waals surface area contributed by atoms with Crippen LogP contribution in [0.4, 0.5) is 0 Å². The highest BCUT2D eigenvalue weighted by Crippen LogP contribution is 1.85. The highest BCUT2D eigenvalue weighted by atomic mass is 16.4. The molecular formula is C12H25NO10. The zero-order valence-corrected chi connectivity index (χ0v) is 13.3. The normalized spacial score (nSPS) is 8.26. The summed E-state index contributed by atoms with van der Waals surface area (Å²) in [5.41, 5.74) is 0. The molecule has 0 aliphatic heterocycles. The van der Waals surface area contributed by atoms with Gasteiger partial charge in [0.05, 0.1) is 19.8 Å². The van der Waals surface area contributed by atoms with Crippen LogP contribution in [0.1, 0.15) is 20.8 Å². The van der Waals surface area contributed by atoms with Crippen molar-refractivity contribution in [3.63, 3.8) is 0 Å². The van der Waals surface area contributed by atoms with Crippen LogP contribution >= 0.6 is 0 Å². The van der Waals surface area contributed by atoms with Crippen LogP contribution in [0.5, 0.6) is 0 Å². The van der Waals surface area contributed by atoms with E-state index in [-0.39, 0.29) is 32.8 Å². The molecular weight excluding hydrogens is 318 g/mol. The van der Waals surface area contributed by atoms with E-state index in [0.717, 1.165) is 20.8 Å². The molecule has 0 fully saturated rings. The number of rotatable bonds is 6. The van der Waals surface area contributed by atoms with Crippen molar-refractivity contribution in [2.45, 2.75) is 20.8 Å². The van der Waals surface area contributed by atoms with Gasteiger partial charge in [-0.1, -0.05) is 0 Å². The Morgan fingerprint density at radius 3 is 1.04 bits per heavy atom. The lowest BCUT2D eigenvalue weighted by molar-refractivity contribution is -0.139. The van der Waals surface area contributed by atoms with E-state index in [0.29, 0.717) is 0 Å². The number of hydrogen-bond donors (Lipinski definition) is 6. The van der Waals surface area contributed by atoms with Crippen molar-refractivity contribution in [3.8, 4) is 0 Å². The molecule has 0 saturated carbocycles. The van der Waals surface area contributed by atoms with E-state index in [1.165, 1.54) is 4.90 Å². The molecule has 0 atom stereocenters. The minimum absolute atomic E-state index is 0.0900. The average molecular weight is 343 g/mol. The molecule has 0 aromatic heterocycles. The van der Waals surface area contributed by atoms with Gasteiger partial charge in [0.25, 0.3) is 17.9 Å². The zero-order chi connectivity index (χ0) is 19.4. The Morgan fingerprint density at radius 2 is 0.913 bits per heavy atom. The Hall–Kier alpha value is -2.24. The van der Waals surface area contributed by atoms with E-state index < -0.39 is 23.9 Å². The number of aliphatic hydroxyl groups is 2. The van der Waals surface area contributed by atoms with Crippen molar-refractivity contribution in [2.24, 2.45) is 0 Å². The van der Waals surface area contributed by atoms with Gasteiger partial charge in [-0.25, -0.2) is 0 Å². The monoisotopic (exact) mass is 343 g/mol. The fourth-order valence-corrected chi connectivity index (χ4v) is 0.744. The van der Waals surface area contributed by atoms with Crippen LogP contribution in [-0.2, 0) is 19.2 Å². The van der Waals surface area contributed by atoms with Gasteiger partial charge in [0.1, 0.15) is 0 Å². The van der Waals surface area contributed by atoms with Gasteiger partial charge in [-0.05, 0) is 0 Å². The number of nitrogens with zero attached hydrogens (tertiary/aromatic N) is 1. The summed E-state index contributed by atoms with van der Waals surface area (Å²) in [5, 5.41) is 47.5. The second-order valence-electron chi connectivity index (χ2n) is 3.67. The van der Waals surface area contributed by atoms with Crippen molar-refractivity contribution < 1.29 is 49.8 Å². The molecule has 0 amide bonds. The van der Waals surface area contributed by atoms with E-state index in [9.17, 15) is 4.79 Å². The van der Waals surface area contributed by atoms with Crippen molar-refractivity contribution in [2.75, 3.05) is 32.8 Å². The first-order valence-electron chi connectivity index (χ1n) is 6.15. The molecule has 0 bridgehead atoms. The number of hydrogen-bond acceptors (Lipinski definition) is 7. The standard InChI is InChI=1S/C6H13NO4.3C2H4O2/c8-3-1-7(2-4-9)5-6(10)11;3*1-2(3)4/h8-9H,1-5H2,(H,10,11);3*1H3,(H,3,4). The third kappa shape index (κ3) is 104. The largest absolute Gasteiger partial charge is 0.481 e. The van der Waals surface area contributed by atoms with Gasteiger partial charge in [-0.15, -0.1) is 0 Å². The van der Waals surface area contributed by atoms with Gasteiger partial charge < -0.3 is 30.6 Å². The van der Waals surface area contributed by atoms with Crippen LogP contribution in [0.15, 0.2) is 0 Å². The number of aliphatic carboxylic acids is 4. The van der Waals surface area contributed by atoms with E-state index >= 15 is 0 Å². The maximum Gasteiger partial charge on any atom is 0.317 e. The highest BCUT2D eigenvalue weighted by molar-refractivity contribution is 5.69. The van der Waals surface area contributed by atoms with Crippen LogP contribution in [0, 0.1) is 0 Å². The molecule has 0 heterocycles. The van der Waals surface area contributed by atoms with Crippen molar-refractivity contribution in [1.29, 1.82) is 0 Å². The molecule has 0 rings (SSSR count). The summed E-state index contributed by atoms with van der Waals surface area (Å²) < 4.78 is 0. The van der Waals surface area contributed by atoms with E-state index in [4.69, 9.17) is 45.0 Å². The number of carboxylic acid groups (broad SMARTS) is 4. The van der Waals surface area contributed by atoms with Crippen molar-refractivity contribution >= 4 is 23.9 Å². The smallest absolute Gasteiger partial charge is 0.317 e. The Labute approximate surface area is 133 Å². The molecule has 11 nitrogen and oxygen atoms in total. The van der Waals surface area contributed by atoms with E-state index in [2.05, 4.69) is 0 Å². The summed E-state index contributed by atoms with van der Waals surface area (Å²) in [7, 11) is 0. The fourth-order valence-electron chi connectivity index (χ4n) is 0.744. The molecule has 0 aliphatic carbocycles. The zero-order valence-electron chi connectivity index (χ0n) is 13.3. The number of aliphatic hydroxyl groups excluding tert-OH is 2. The quantitative estimate of drug-likeness (QED) is 0.333. The summed E-state index contributed by atoms with van der Waals surface area (Å²) in [6.45, 7) is 3.50. The van der Waals surface area contributed by atoms with E-state index in [1.54, 1.807) is 0 Å². The maximum atomic E-state index is 10.2. The van der Waals surface area contributed by atoms with Crippen LogP contribution in [0.2, 0.25) is 0 Å². The lowest BCUT2D eigenvalue weighted by atomic mass is 10.4. The molecule has 0 unspecified atom stereocenters. The molecule has 0 aromatic carbocycles. The highest BCUT2D eigenvalue weighted by Gasteiger charge is 2.06. The summed E-state index contributed by atoms with van der Waals surface area (Å²) >= 11 is 0. The number of carbonyl (C=O) groups is 4. The molecule has 0 saturated heterocycles. The second kappa shape index (κ2) is 22.0. The van der Waals surface area contributed by atoms with Crippen LogP contribution in [0.25, 0.3) is 0 Å². The first kappa shape index (κ1) is 28.9. The fraction of sp³-hybridized carbons (Fsp3) is 0.667. The van der Waals surface area contributed by atoms with Gasteiger partial charge in [-0.2, -0.15) is 0 Å². The first-order valence-corrected chi connectivity index (χ1v) is 6.15. The molecule has 0 spiro atoms.